The third kappa shape index (κ3) is 8.09. The number of fused-ring (bicyclic) bond motifs is 1. The van der Waals surface area contributed by atoms with Gasteiger partial charge in [-0.05, 0) is 71.1 Å². The summed E-state index contributed by atoms with van der Waals surface area (Å²) in [5.74, 6) is 1.16. The number of nitrogens with zero attached hydrogens (tertiary/aromatic N) is 1. The second-order valence-corrected chi connectivity index (χ2v) is 11.9. The van der Waals surface area contributed by atoms with E-state index in [1.807, 2.05) is 20.8 Å². The Bertz CT molecular complexity index is 650. The molecule has 0 aromatic rings. The predicted octanol–water partition coefficient (Wildman–Crippen LogP) is 3.52. The Labute approximate surface area is 205 Å². The average Bonchev–Trinajstić information content (AvgIpc) is 3.43. The summed E-state index contributed by atoms with van der Waals surface area (Å²) in [6, 6.07) is -0.252. The molecule has 0 aromatic carbocycles. The van der Waals surface area contributed by atoms with Crippen molar-refractivity contribution in [2.75, 3.05) is 26.2 Å². The van der Waals surface area contributed by atoms with E-state index in [1.54, 1.807) is 0 Å². The van der Waals surface area contributed by atoms with Crippen LogP contribution in [0.15, 0.2) is 0 Å². The van der Waals surface area contributed by atoms with Gasteiger partial charge >= 0.3 is 6.09 Å². The Morgan fingerprint density at radius 3 is 2.29 bits per heavy atom. The molecular formula is C26H47N3O5. The van der Waals surface area contributed by atoms with Crippen molar-refractivity contribution in [2.24, 2.45) is 11.8 Å². The van der Waals surface area contributed by atoms with E-state index in [0.717, 1.165) is 19.6 Å². The number of carbonyl (C=O) groups is 2. The Morgan fingerprint density at radius 2 is 1.71 bits per heavy atom. The van der Waals surface area contributed by atoms with Crippen molar-refractivity contribution in [3.05, 3.63) is 0 Å². The monoisotopic (exact) mass is 481 g/mol. The highest BCUT2D eigenvalue weighted by atomic mass is 16.5. The minimum absolute atomic E-state index is 0.00918. The third-order valence-corrected chi connectivity index (χ3v) is 7.94. The van der Waals surface area contributed by atoms with Gasteiger partial charge in [-0.2, -0.15) is 0 Å². The molecule has 2 heterocycles. The SMILES string of the molecule is C1CCC2(C1)CCCO2.CC(C)(C)NC(=O)[C@@H]1CC2CCCCC2CN1CC(O)CNC(=O)O. The first-order chi connectivity index (χ1) is 16.1. The number of carbonyl (C=O) groups excluding carboxylic acids is 1. The zero-order valence-electron chi connectivity index (χ0n) is 21.5. The molecule has 8 nitrogen and oxygen atoms in total. The van der Waals surface area contributed by atoms with E-state index in [0.29, 0.717) is 24.0 Å². The molecule has 3 unspecified atom stereocenters. The second kappa shape index (κ2) is 12.0. The van der Waals surface area contributed by atoms with Gasteiger partial charge < -0.3 is 25.6 Å². The summed E-state index contributed by atoms with van der Waals surface area (Å²) >= 11 is 0. The highest BCUT2D eigenvalue weighted by Crippen LogP contribution is 2.40. The van der Waals surface area contributed by atoms with Crippen LogP contribution in [0.4, 0.5) is 4.79 Å². The molecule has 0 aromatic heterocycles. The fourth-order valence-electron chi connectivity index (χ4n) is 6.34. The molecule has 4 N–H and O–H groups in total. The third-order valence-electron chi connectivity index (χ3n) is 7.94. The van der Waals surface area contributed by atoms with Crippen LogP contribution in [0, 0.1) is 11.8 Å². The van der Waals surface area contributed by atoms with E-state index in [4.69, 9.17) is 9.84 Å². The number of nitrogens with one attached hydrogen (secondary N) is 2. The lowest BCUT2D eigenvalue weighted by Crippen LogP contribution is -2.59. The van der Waals surface area contributed by atoms with Crippen LogP contribution in [-0.4, -0.2) is 76.6 Å². The van der Waals surface area contributed by atoms with E-state index in [2.05, 4.69) is 15.5 Å². The molecule has 0 radical (unpaired) electrons. The van der Waals surface area contributed by atoms with E-state index < -0.39 is 12.2 Å². The van der Waals surface area contributed by atoms with Crippen LogP contribution in [0.3, 0.4) is 0 Å². The maximum absolute atomic E-state index is 12.8. The molecule has 2 aliphatic heterocycles. The molecule has 2 amide bonds. The lowest BCUT2D eigenvalue weighted by Gasteiger charge is -2.46. The Kier molecular flexibility index (Phi) is 9.64. The zero-order chi connectivity index (χ0) is 24.8. The van der Waals surface area contributed by atoms with E-state index in [9.17, 15) is 14.7 Å². The zero-order valence-corrected chi connectivity index (χ0v) is 21.5. The van der Waals surface area contributed by atoms with Crippen LogP contribution in [0.2, 0.25) is 0 Å². The van der Waals surface area contributed by atoms with Crippen LogP contribution in [0.5, 0.6) is 0 Å². The van der Waals surface area contributed by atoms with Crippen LogP contribution >= 0.6 is 0 Å². The molecule has 4 atom stereocenters. The number of aliphatic hydroxyl groups excluding tert-OH is 1. The number of carboxylic acid groups (broad SMARTS) is 1. The van der Waals surface area contributed by atoms with Crippen LogP contribution in [-0.2, 0) is 9.53 Å². The largest absolute Gasteiger partial charge is 0.465 e. The van der Waals surface area contributed by atoms with Crippen LogP contribution in [0.1, 0.15) is 91.4 Å². The first-order valence-electron chi connectivity index (χ1n) is 13.4. The van der Waals surface area contributed by atoms with Gasteiger partial charge in [-0.15, -0.1) is 0 Å². The number of β-amino-alcohol motifs (C(OH)–C–C–N with tert-alkyl or cyclic N) is 1. The number of amides is 2. The molecule has 4 aliphatic rings. The summed E-state index contributed by atoms with van der Waals surface area (Å²) in [4.78, 5) is 25.5. The summed E-state index contributed by atoms with van der Waals surface area (Å²) in [7, 11) is 0. The van der Waals surface area contributed by atoms with Gasteiger partial charge in [0.1, 0.15) is 0 Å². The Balaban J connectivity index is 0.000000296. The molecule has 4 rings (SSSR count). The minimum Gasteiger partial charge on any atom is -0.465 e. The molecule has 196 valence electrons. The summed E-state index contributed by atoms with van der Waals surface area (Å²) in [6.07, 6.45) is 11.8. The lowest BCUT2D eigenvalue weighted by molar-refractivity contribution is -0.132. The summed E-state index contributed by atoms with van der Waals surface area (Å²) in [6.45, 7) is 8.02. The minimum atomic E-state index is -1.15. The number of hydrogen-bond donors (Lipinski definition) is 4. The van der Waals surface area contributed by atoms with Gasteiger partial charge in [0.05, 0.1) is 17.7 Å². The van der Waals surface area contributed by atoms with Crippen molar-refractivity contribution < 1.29 is 24.5 Å². The molecule has 8 heteroatoms. The van der Waals surface area contributed by atoms with Gasteiger partial charge in [-0.3, -0.25) is 9.69 Å². The van der Waals surface area contributed by atoms with Crippen LogP contribution < -0.4 is 10.6 Å². The smallest absolute Gasteiger partial charge is 0.404 e. The van der Waals surface area contributed by atoms with Crippen molar-refractivity contribution in [2.45, 2.75) is 115 Å². The number of likely N-dealkylation sites (tertiary alicyclic amines) is 1. The summed E-state index contributed by atoms with van der Waals surface area (Å²) < 4.78 is 5.70. The average molecular weight is 482 g/mol. The topological polar surface area (TPSA) is 111 Å². The van der Waals surface area contributed by atoms with Crippen molar-refractivity contribution in [1.29, 1.82) is 0 Å². The number of piperidine rings is 1. The standard InChI is InChI=1S/C18H33N3O4.C8H14O/c1-18(2,3)20-16(23)15-8-12-6-4-5-7-13(12)10-21(15)11-14(22)9-19-17(24)25;1-2-5-8(4-1)6-3-7-9-8/h12-15,19,22H,4-11H2,1-3H3,(H,20,23)(H,24,25);1-7H2/t12?,13?,14?,15-;/m0./s1. The summed E-state index contributed by atoms with van der Waals surface area (Å²) in [5, 5.41) is 24.1. The fraction of sp³-hybridized carbons (Fsp3) is 0.923. The highest BCUT2D eigenvalue weighted by molar-refractivity contribution is 5.82. The highest BCUT2D eigenvalue weighted by Gasteiger charge is 2.41. The van der Waals surface area contributed by atoms with Gasteiger partial charge in [-0.25, -0.2) is 4.79 Å². The Morgan fingerprint density at radius 1 is 1.06 bits per heavy atom. The van der Waals surface area contributed by atoms with Crippen molar-refractivity contribution >= 4 is 12.0 Å². The number of hydrogen-bond acceptors (Lipinski definition) is 5. The lowest BCUT2D eigenvalue weighted by atomic mass is 9.72. The molecule has 2 aliphatic carbocycles. The molecule has 34 heavy (non-hydrogen) atoms. The molecule has 4 fully saturated rings. The maximum Gasteiger partial charge on any atom is 0.404 e. The van der Waals surface area contributed by atoms with Gasteiger partial charge in [0, 0.05) is 31.8 Å². The molecule has 1 spiro atoms. The van der Waals surface area contributed by atoms with Gasteiger partial charge in [0.15, 0.2) is 0 Å². The van der Waals surface area contributed by atoms with Crippen molar-refractivity contribution in [1.82, 2.24) is 15.5 Å². The fourth-order valence-corrected chi connectivity index (χ4v) is 6.34. The van der Waals surface area contributed by atoms with Crippen molar-refractivity contribution in [3.63, 3.8) is 0 Å². The number of aliphatic hydroxyl groups is 1. The molecule has 2 saturated carbocycles. The quantitative estimate of drug-likeness (QED) is 0.478. The Hall–Kier alpha value is -1.38. The molecule has 2 saturated heterocycles. The van der Waals surface area contributed by atoms with Crippen LogP contribution in [0.25, 0.3) is 0 Å². The molecule has 0 bridgehead atoms. The first kappa shape index (κ1) is 27.2. The predicted molar refractivity (Wildman–Crippen MR) is 132 cm³/mol. The second-order valence-electron chi connectivity index (χ2n) is 11.9. The van der Waals surface area contributed by atoms with E-state index in [1.165, 1.54) is 64.2 Å². The van der Waals surface area contributed by atoms with Crippen molar-refractivity contribution in [3.8, 4) is 0 Å². The van der Waals surface area contributed by atoms with E-state index in [-0.39, 0.29) is 24.0 Å². The first-order valence-corrected chi connectivity index (χ1v) is 13.4. The van der Waals surface area contributed by atoms with Gasteiger partial charge in [0.2, 0.25) is 5.91 Å². The van der Waals surface area contributed by atoms with Gasteiger partial charge in [0.25, 0.3) is 0 Å². The maximum atomic E-state index is 12.8. The normalized spacial score (nSPS) is 29.6. The van der Waals surface area contributed by atoms with E-state index >= 15 is 0 Å². The summed E-state index contributed by atoms with van der Waals surface area (Å²) in [5.41, 5.74) is 0.0929. The van der Waals surface area contributed by atoms with Gasteiger partial charge in [-0.1, -0.05) is 32.1 Å². The number of rotatable bonds is 5. The number of ether oxygens (including phenoxy) is 1. The molecular weight excluding hydrogens is 434 g/mol.